The predicted octanol–water partition coefficient (Wildman–Crippen LogP) is 1.85. The van der Waals surface area contributed by atoms with Crippen molar-refractivity contribution >= 4 is 14.6 Å². The number of aromatic nitrogens is 1. The minimum absolute atomic E-state index is 0.157. The fraction of sp³-hybridized carbons (Fsp3) is 0.0952. The second-order valence-electron chi connectivity index (χ2n) is 6.53. The van der Waals surface area contributed by atoms with E-state index in [0.717, 1.165) is 36.5 Å². The molecule has 7 heteroatoms. The summed E-state index contributed by atoms with van der Waals surface area (Å²) in [5.74, 6) is -0.157. The number of pyridine rings is 1. The number of anilines is 1. The summed E-state index contributed by atoms with van der Waals surface area (Å²) in [4.78, 5) is 16.5. The number of hydrogen-bond acceptors (Lipinski definition) is 3. The van der Waals surface area contributed by atoms with E-state index in [9.17, 15) is 4.79 Å². The van der Waals surface area contributed by atoms with Crippen LogP contribution < -0.4 is 33.2 Å². The van der Waals surface area contributed by atoms with Crippen molar-refractivity contribution in [3.8, 4) is 11.1 Å². The van der Waals surface area contributed by atoms with Gasteiger partial charge in [-0.25, -0.2) is 0 Å². The Bertz CT molecular complexity index is 1060. The zero-order valence-electron chi connectivity index (χ0n) is 16.0. The first-order valence-electron chi connectivity index (χ1n) is 8.81. The quantitative estimate of drug-likeness (QED) is 0.318. The molecule has 6 nitrogen and oxygen atoms in total. The first-order chi connectivity index (χ1) is 13.5. The monoisotopic (exact) mass is 378 g/mol. The van der Waals surface area contributed by atoms with E-state index < -0.39 is 0 Å². The Hall–Kier alpha value is -2.67. The molecule has 0 saturated heterocycles. The predicted molar refractivity (Wildman–Crippen MR) is 106 cm³/mol. The van der Waals surface area contributed by atoms with Crippen molar-refractivity contribution in [1.29, 1.82) is 0 Å². The molecule has 133 valence electrons. The molecule has 0 spiro atoms. The van der Waals surface area contributed by atoms with Gasteiger partial charge in [-0.3, -0.25) is 4.98 Å². The number of hydrogen-bond donors (Lipinski definition) is 1. The van der Waals surface area contributed by atoms with Crippen LogP contribution >= 0.6 is 0 Å². The zero-order valence-corrected chi connectivity index (χ0v) is 18.0. The van der Waals surface area contributed by atoms with Gasteiger partial charge in [0, 0.05) is 12.4 Å². The van der Waals surface area contributed by atoms with Gasteiger partial charge >= 0.3 is 157 Å². The van der Waals surface area contributed by atoms with Crippen molar-refractivity contribution in [3.63, 3.8) is 0 Å². The Labute approximate surface area is 181 Å². The van der Waals surface area contributed by atoms with E-state index in [0.29, 0.717) is 33.5 Å². The molecule has 28 heavy (non-hydrogen) atoms. The van der Waals surface area contributed by atoms with Crippen LogP contribution in [0.3, 0.4) is 0 Å². The number of carbonyl (C=O) groups excluding carboxylic acids is 1. The number of rotatable bonds is 5. The Morgan fingerprint density at radius 3 is 2.50 bits per heavy atom. The molecular weight excluding hydrogens is 361 g/mol. The Morgan fingerprint density at radius 2 is 1.82 bits per heavy atom. The molecule has 1 heterocycles. The molecule has 0 bridgehead atoms. The number of nitrogens with one attached hydrogen (secondary N) is 1. The summed E-state index contributed by atoms with van der Waals surface area (Å²) >= 11 is 0.672. The van der Waals surface area contributed by atoms with Gasteiger partial charge in [0.25, 0.3) is 0 Å². The summed E-state index contributed by atoms with van der Waals surface area (Å²) in [6.45, 7) is 3.90. The molecule has 0 fully saturated rings. The van der Waals surface area contributed by atoms with E-state index in [1.807, 2.05) is 56.3 Å². The van der Waals surface area contributed by atoms with Crippen LogP contribution in [-0.4, -0.2) is 13.9 Å². The summed E-state index contributed by atoms with van der Waals surface area (Å²) in [5, 5.41) is 9.55. The van der Waals surface area contributed by atoms with E-state index in [1.54, 1.807) is 18.5 Å². The molecule has 3 rings (SSSR count). The first kappa shape index (κ1) is 20.1. The van der Waals surface area contributed by atoms with E-state index in [2.05, 4.69) is 20.6 Å². The fourth-order valence-corrected chi connectivity index (χ4v) is 3.34. The number of amides is 1. The van der Waals surface area contributed by atoms with Crippen LogP contribution in [0.1, 0.15) is 27.0 Å². The van der Waals surface area contributed by atoms with E-state index in [1.165, 1.54) is 0 Å². The van der Waals surface area contributed by atoms with Crippen molar-refractivity contribution in [2.45, 2.75) is 13.8 Å². The summed E-state index contributed by atoms with van der Waals surface area (Å²) in [6.07, 6.45) is 3.28. The van der Waals surface area contributed by atoms with Gasteiger partial charge in [-0.15, -0.1) is 0 Å². The molecule has 2 aromatic carbocycles. The molecule has 0 unspecified atom stereocenters. The van der Waals surface area contributed by atoms with Crippen LogP contribution in [0, 0.1) is 13.8 Å². The van der Waals surface area contributed by atoms with Crippen molar-refractivity contribution < 1.29 is 32.7 Å². The Balaban J connectivity index is 1.84. The van der Waals surface area contributed by atoms with Crippen molar-refractivity contribution in [2.75, 3.05) is 5.32 Å². The van der Waals surface area contributed by atoms with Gasteiger partial charge in [-0.1, -0.05) is 0 Å². The van der Waals surface area contributed by atoms with Gasteiger partial charge in [0.2, 0.25) is 0 Å². The van der Waals surface area contributed by atoms with Crippen LogP contribution in [0.2, 0.25) is 0 Å². The van der Waals surface area contributed by atoms with E-state index in [-0.39, 0.29) is 5.91 Å². The van der Waals surface area contributed by atoms with Gasteiger partial charge in [-0.05, 0) is 6.92 Å². The molecule has 0 aliphatic carbocycles. The van der Waals surface area contributed by atoms with Crippen LogP contribution in [0.5, 0.6) is 0 Å². The minimum atomic E-state index is -0.157. The fourth-order valence-electron chi connectivity index (χ4n) is 2.94. The number of benzene rings is 2. The molecule has 1 N–H and O–H groups in total. The van der Waals surface area contributed by atoms with Crippen molar-refractivity contribution in [3.05, 3.63) is 88.7 Å². The van der Waals surface area contributed by atoms with Crippen LogP contribution in [0.15, 0.2) is 71.2 Å². The standard InChI is InChI=1S/C21H17N5O.Na/c1-14-3-4-16(13-24-26-22)11-20(14)17-5-7-18(8-6-17)25-21(27)19-9-10-23-12-15(19)2;/h3-12H,1-2H3,(H,25,27);/q-1;+1. The normalized spacial score (nSPS) is 11.2. The molecule has 0 aliphatic heterocycles. The third kappa shape index (κ3) is 4.59. The van der Waals surface area contributed by atoms with Crippen molar-refractivity contribution in [2.24, 2.45) is 10.3 Å². The third-order valence-corrected chi connectivity index (χ3v) is 5.35. The summed E-state index contributed by atoms with van der Waals surface area (Å²) < 4.78 is 0.764. The molecular formula is C21H17N5NaO. The van der Waals surface area contributed by atoms with Crippen molar-refractivity contribution in [1.82, 2.24) is 4.98 Å². The van der Waals surface area contributed by atoms with Gasteiger partial charge in [0.05, 0.1) is 0 Å². The summed E-state index contributed by atoms with van der Waals surface area (Å²) in [7, 11) is 0. The number of carbonyl (C=O) groups is 1. The van der Waals surface area contributed by atoms with Gasteiger partial charge in [-0.2, -0.15) is 0 Å². The van der Waals surface area contributed by atoms with E-state index in [4.69, 9.17) is 5.53 Å². The average molecular weight is 378 g/mol. The van der Waals surface area contributed by atoms with Gasteiger partial charge < -0.3 is 0 Å². The maximum atomic E-state index is 12.4. The topological polar surface area (TPSA) is 89.0 Å². The van der Waals surface area contributed by atoms with E-state index >= 15 is 0 Å². The van der Waals surface area contributed by atoms with Gasteiger partial charge in [0.15, 0.2) is 0 Å². The summed E-state index contributed by atoms with van der Waals surface area (Å²) in [5.41, 5.74) is 15.0. The zero-order chi connectivity index (χ0) is 20.1. The Kier molecular flexibility index (Phi) is 6.46. The molecule has 0 saturated carbocycles. The first-order valence-corrected chi connectivity index (χ1v) is 9.81. The number of nitrogens with zero attached hydrogens (tertiary/aromatic N) is 4. The molecule has 7 radical (unpaired) electrons. The molecule has 3 aromatic rings. The van der Waals surface area contributed by atoms with Gasteiger partial charge in [0.1, 0.15) is 0 Å². The molecule has 1 amide bonds. The number of aryl methyl sites for hydroxylation is 2. The maximum absolute atomic E-state index is 12.4. The van der Waals surface area contributed by atoms with Crippen LogP contribution in [0.25, 0.3) is 16.7 Å². The Morgan fingerprint density at radius 1 is 1.07 bits per heavy atom. The average Bonchev–Trinajstić information content (AvgIpc) is 2.69. The second-order valence-corrected chi connectivity index (χ2v) is 7.47. The molecule has 1 aromatic heterocycles. The van der Waals surface area contributed by atoms with Crippen LogP contribution in [-0.2, 0) is 0 Å². The van der Waals surface area contributed by atoms with Crippen LogP contribution in [0.4, 0.5) is 5.69 Å². The SMILES string of the molecule is Cc1cnccc1C(=O)Nc1ccc(-c2cc([C]([Na+])=NN=[N-])ccc2C)cc1. The second kappa shape index (κ2) is 9.01. The molecule has 0 aliphatic rings. The summed E-state index contributed by atoms with van der Waals surface area (Å²) in [6, 6.07) is 15.5. The molecule has 0 atom stereocenters. The third-order valence-electron chi connectivity index (χ3n) is 4.57.